The topological polar surface area (TPSA) is 46.2 Å². The van der Waals surface area contributed by atoms with Crippen molar-refractivity contribution >= 4 is 0 Å². The largest absolute Gasteiger partial charge is 0.389 e. The van der Waals surface area contributed by atoms with Crippen LogP contribution in [0.3, 0.4) is 0 Å². The van der Waals surface area contributed by atoms with Crippen molar-refractivity contribution in [3.63, 3.8) is 0 Å². The molecule has 0 bridgehead atoms. The first kappa shape index (κ1) is 14.2. The maximum Gasteiger partial charge on any atom is 0.0727 e. The van der Waals surface area contributed by atoms with E-state index in [4.69, 9.17) is 5.73 Å². The molecule has 0 heterocycles. The van der Waals surface area contributed by atoms with Crippen LogP contribution in [-0.2, 0) is 0 Å². The summed E-state index contributed by atoms with van der Waals surface area (Å²) in [7, 11) is 0. The Kier molecular flexibility index (Phi) is 5.66. The van der Waals surface area contributed by atoms with E-state index in [2.05, 4.69) is 6.58 Å². The molecule has 2 heteroatoms. The average Bonchev–Trinajstić information content (AvgIpc) is 2.31. The van der Waals surface area contributed by atoms with Gasteiger partial charge in [-0.2, -0.15) is 0 Å². The fourth-order valence-electron chi connectivity index (χ4n) is 2.63. The Hall–Kier alpha value is -0.860. The zero-order chi connectivity index (χ0) is 12.7. The molecular weight excluding hydrogens is 210 g/mol. The van der Waals surface area contributed by atoms with E-state index in [9.17, 15) is 5.11 Å². The summed E-state index contributed by atoms with van der Waals surface area (Å²) in [5, 5.41) is 10.7. The van der Waals surface area contributed by atoms with Crippen molar-refractivity contribution in [3.05, 3.63) is 36.5 Å². The van der Waals surface area contributed by atoms with Gasteiger partial charge in [-0.15, -0.1) is 0 Å². The Bertz CT molecular complexity index is 298. The van der Waals surface area contributed by atoms with Crippen molar-refractivity contribution in [2.45, 2.75) is 44.6 Å². The Morgan fingerprint density at radius 3 is 2.53 bits per heavy atom. The van der Waals surface area contributed by atoms with Gasteiger partial charge in [-0.05, 0) is 25.3 Å². The van der Waals surface area contributed by atoms with E-state index in [1.54, 1.807) is 0 Å². The van der Waals surface area contributed by atoms with Crippen LogP contribution in [0.2, 0.25) is 0 Å². The first-order valence-corrected chi connectivity index (χ1v) is 6.54. The molecule has 1 saturated carbocycles. The average molecular weight is 235 g/mol. The van der Waals surface area contributed by atoms with Gasteiger partial charge in [-0.3, -0.25) is 0 Å². The normalized spacial score (nSPS) is 22.1. The lowest BCUT2D eigenvalue weighted by atomic mass is 9.73. The molecule has 0 saturated heterocycles. The number of hydrogen-bond acceptors (Lipinski definition) is 2. The monoisotopic (exact) mass is 235 g/mol. The summed E-state index contributed by atoms with van der Waals surface area (Å²) >= 11 is 0. The minimum atomic E-state index is -0.635. The van der Waals surface area contributed by atoms with Crippen LogP contribution in [0.15, 0.2) is 36.5 Å². The molecule has 0 spiro atoms. The Labute approximate surface area is 105 Å². The lowest BCUT2D eigenvalue weighted by molar-refractivity contribution is -0.0326. The van der Waals surface area contributed by atoms with Crippen molar-refractivity contribution in [1.29, 1.82) is 0 Å². The van der Waals surface area contributed by atoms with Gasteiger partial charge in [-0.1, -0.05) is 50.1 Å². The minimum Gasteiger partial charge on any atom is -0.389 e. The maximum absolute atomic E-state index is 10.7. The van der Waals surface area contributed by atoms with E-state index in [0.29, 0.717) is 6.54 Å². The Balaban J connectivity index is 2.72. The van der Waals surface area contributed by atoms with Crippen LogP contribution in [0.25, 0.3) is 0 Å². The molecule has 3 N–H and O–H groups in total. The standard InChI is InChI=1S/C15H25NO/c1-3-4-6-9-13(2)14(12-16)15(17)10-7-5-8-11-15/h3-4,6,9,14,17H,2,5,7-8,10-12,16H2,1H3/b4-3-,9-6-. The van der Waals surface area contributed by atoms with Gasteiger partial charge in [0.2, 0.25) is 0 Å². The van der Waals surface area contributed by atoms with Crippen molar-refractivity contribution in [1.82, 2.24) is 0 Å². The van der Waals surface area contributed by atoms with Gasteiger partial charge < -0.3 is 10.8 Å². The van der Waals surface area contributed by atoms with Crippen molar-refractivity contribution in [2.24, 2.45) is 11.7 Å². The number of hydrogen-bond donors (Lipinski definition) is 2. The van der Waals surface area contributed by atoms with Crippen molar-refractivity contribution in [2.75, 3.05) is 6.54 Å². The van der Waals surface area contributed by atoms with Gasteiger partial charge in [0.1, 0.15) is 0 Å². The first-order valence-electron chi connectivity index (χ1n) is 6.54. The zero-order valence-electron chi connectivity index (χ0n) is 10.9. The van der Waals surface area contributed by atoms with Gasteiger partial charge in [-0.25, -0.2) is 0 Å². The molecule has 96 valence electrons. The molecule has 0 aromatic heterocycles. The third-order valence-electron chi connectivity index (χ3n) is 3.67. The maximum atomic E-state index is 10.7. The smallest absolute Gasteiger partial charge is 0.0727 e. The third kappa shape index (κ3) is 3.83. The molecule has 1 fully saturated rings. The summed E-state index contributed by atoms with van der Waals surface area (Å²) in [5.41, 5.74) is 6.13. The second-order valence-corrected chi connectivity index (χ2v) is 4.91. The molecule has 2 nitrogen and oxygen atoms in total. The molecule has 0 aromatic carbocycles. The highest BCUT2D eigenvalue weighted by molar-refractivity contribution is 5.25. The summed E-state index contributed by atoms with van der Waals surface area (Å²) in [6.45, 7) is 6.50. The molecule has 1 unspecified atom stereocenters. The van der Waals surface area contributed by atoms with E-state index >= 15 is 0 Å². The van der Waals surface area contributed by atoms with E-state index in [1.165, 1.54) is 6.42 Å². The van der Waals surface area contributed by atoms with Crippen molar-refractivity contribution in [3.8, 4) is 0 Å². The predicted molar refractivity (Wildman–Crippen MR) is 73.7 cm³/mol. The second kappa shape index (κ2) is 6.77. The predicted octanol–water partition coefficient (Wildman–Crippen LogP) is 2.95. The Morgan fingerprint density at radius 1 is 1.35 bits per heavy atom. The highest BCUT2D eigenvalue weighted by atomic mass is 16.3. The lowest BCUT2D eigenvalue weighted by Crippen LogP contribution is -2.44. The van der Waals surface area contributed by atoms with Gasteiger partial charge >= 0.3 is 0 Å². The second-order valence-electron chi connectivity index (χ2n) is 4.91. The van der Waals surface area contributed by atoms with Crippen LogP contribution in [0.4, 0.5) is 0 Å². The van der Waals surface area contributed by atoms with Crippen LogP contribution < -0.4 is 5.73 Å². The quantitative estimate of drug-likeness (QED) is 0.720. The fraction of sp³-hybridized carbons (Fsp3) is 0.600. The molecule has 0 aromatic rings. The first-order chi connectivity index (χ1) is 8.14. The van der Waals surface area contributed by atoms with Crippen LogP contribution in [0, 0.1) is 5.92 Å². The molecule has 17 heavy (non-hydrogen) atoms. The van der Waals surface area contributed by atoms with E-state index in [0.717, 1.165) is 31.3 Å². The van der Waals surface area contributed by atoms with Crippen LogP contribution in [0.5, 0.6) is 0 Å². The van der Waals surface area contributed by atoms with E-state index in [1.807, 2.05) is 31.2 Å². The molecule has 0 aliphatic heterocycles. The molecule has 1 aliphatic carbocycles. The lowest BCUT2D eigenvalue weighted by Gasteiger charge is -2.39. The number of allylic oxidation sites excluding steroid dienone is 4. The molecule has 1 atom stereocenters. The van der Waals surface area contributed by atoms with E-state index in [-0.39, 0.29) is 5.92 Å². The minimum absolute atomic E-state index is 0.00990. The Morgan fingerprint density at radius 2 is 2.00 bits per heavy atom. The number of aliphatic hydroxyl groups is 1. The van der Waals surface area contributed by atoms with Gasteiger partial charge in [0.05, 0.1) is 5.60 Å². The summed E-state index contributed by atoms with van der Waals surface area (Å²) < 4.78 is 0. The summed E-state index contributed by atoms with van der Waals surface area (Å²) in [4.78, 5) is 0. The summed E-state index contributed by atoms with van der Waals surface area (Å²) in [5.74, 6) is -0.00990. The van der Waals surface area contributed by atoms with Gasteiger partial charge in [0, 0.05) is 12.5 Å². The number of nitrogens with two attached hydrogens (primary N) is 1. The molecule has 0 amide bonds. The van der Waals surface area contributed by atoms with Gasteiger partial charge in [0.25, 0.3) is 0 Å². The summed E-state index contributed by atoms with van der Waals surface area (Å²) in [6, 6.07) is 0. The highest BCUT2D eigenvalue weighted by Crippen LogP contribution is 2.37. The van der Waals surface area contributed by atoms with Crippen molar-refractivity contribution < 1.29 is 5.11 Å². The summed E-state index contributed by atoms with van der Waals surface area (Å²) in [6.07, 6.45) is 13.0. The van der Waals surface area contributed by atoms with E-state index < -0.39 is 5.60 Å². The molecule has 0 radical (unpaired) electrons. The molecular formula is C15H25NO. The van der Waals surface area contributed by atoms with Gasteiger partial charge in [0.15, 0.2) is 0 Å². The van der Waals surface area contributed by atoms with Crippen LogP contribution in [0.1, 0.15) is 39.0 Å². The fourth-order valence-corrected chi connectivity index (χ4v) is 2.63. The number of rotatable bonds is 5. The molecule has 1 aliphatic rings. The third-order valence-corrected chi connectivity index (χ3v) is 3.67. The van der Waals surface area contributed by atoms with Crippen LogP contribution >= 0.6 is 0 Å². The van der Waals surface area contributed by atoms with Crippen LogP contribution in [-0.4, -0.2) is 17.3 Å². The zero-order valence-corrected chi connectivity index (χ0v) is 10.9. The highest BCUT2D eigenvalue weighted by Gasteiger charge is 2.37. The molecule has 1 rings (SSSR count). The SMILES string of the molecule is C=C(/C=C\C=C/C)C(CN)C1(O)CCCCC1.